The van der Waals surface area contributed by atoms with Gasteiger partial charge >= 0.3 is 0 Å². The number of ether oxygens (including phenoxy) is 1. The highest BCUT2D eigenvalue weighted by Gasteiger charge is 2.16. The average Bonchev–Trinajstić information content (AvgIpc) is 3.34. The average molecular weight is 458 g/mol. The minimum atomic E-state index is -3.77. The number of nitrogens with one attached hydrogen (secondary N) is 3. The molecule has 0 aliphatic rings. The third-order valence-electron chi connectivity index (χ3n) is 4.46. The predicted molar refractivity (Wildman–Crippen MR) is 116 cm³/mol. The summed E-state index contributed by atoms with van der Waals surface area (Å²) < 4.78 is 37.5. The summed E-state index contributed by atoms with van der Waals surface area (Å²) in [5.41, 5.74) is 5.84. The molecule has 0 saturated carbocycles. The van der Waals surface area contributed by atoms with Crippen LogP contribution in [0, 0.1) is 0 Å². The standard InChI is InChI=1S/C22H23N3O6S/c1-2-16-5-9-18(10-6-16)31-15-21(26)24-25-22(27)17-7-11-20(12-8-17)32(28,29)23-14-19-4-3-13-30-19/h3-13,23H,2,14-15H2,1H3,(H,24,26)(H,25,27). The molecule has 2 aromatic carbocycles. The van der Waals surface area contributed by atoms with E-state index in [1.807, 2.05) is 19.1 Å². The lowest BCUT2D eigenvalue weighted by molar-refractivity contribution is -0.123. The van der Waals surface area contributed by atoms with E-state index in [0.717, 1.165) is 12.0 Å². The van der Waals surface area contributed by atoms with E-state index in [1.54, 1.807) is 24.3 Å². The zero-order valence-electron chi connectivity index (χ0n) is 17.3. The number of sulfonamides is 1. The zero-order chi connectivity index (χ0) is 23.0. The van der Waals surface area contributed by atoms with Crippen molar-refractivity contribution in [1.29, 1.82) is 0 Å². The molecular formula is C22H23N3O6S. The first-order chi connectivity index (χ1) is 15.4. The van der Waals surface area contributed by atoms with Crippen LogP contribution in [0.15, 0.2) is 76.2 Å². The van der Waals surface area contributed by atoms with Gasteiger partial charge in [0.2, 0.25) is 10.0 Å². The summed E-state index contributed by atoms with van der Waals surface area (Å²) in [6.45, 7) is 1.77. The number of furan rings is 1. The van der Waals surface area contributed by atoms with Gasteiger partial charge in [-0.05, 0) is 60.5 Å². The second-order valence-electron chi connectivity index (χ2n) is 6.72. The van der Waals surface area contributed by atoms with Gasteiger partial charge in [-0.1, -0.05) is 19.1 Å². The second-order valence-corrected chi connectivity index (χ2v) is 8.48. The van der Waals surface area contributed by atoms with Crippen LogP contribution >= 0.6 is 0 Å². The van der Waals surface area contributed by atoms with Gasteiger partial charge in [0.15, 0.2) is 6.61 Å². The van der Waals surface area contributed by atoms with Crippen molar-refractivity contribution in [3.63, 3.8) is 0 Å². The Morgan fingerprint density at radius 2 is 1.69 bits per heavy atom. The van der Waals surface area contributed by atoms with E-state index in [-0.39, 0.29) is 23.6 Å². The minimum absolute atomic E-state index is 0.00728. The van der Waals surface area contributed by atoms with Gasteiger partial charge in [-0.25, -0.2) is 13.1 Å². The number of hydrogen-bond acceptors (Lipinski definition) is 6. The summed E-state index contributed by atoms with van der Waals surface area (Å²) in [5, 5.41) is 0. The van der Waals surface area contributed by atoms with Gasteiger partial charge in [-0.2, -0.15) is 0 Å². The van der Waals surface area contributed by atoms with Crippen LogP contribution in [0.2, 0.25) is 0 Å². The maximum absolute atomic E-state index is 12.3. The quantitative estimate of drug-likeness (QED) is 0.423. The van der Waals surface area contributed by atoms with Gasteiger partial charge in [0, 0.05) is 5.56 Å². The van der Waals surface area contributed by atoms with Crippen LogP contribution in [0.1, 0.15) is 28.6 Å². The Bertz CT molecular complexity index is 1140. The largest absolute Gasteiger partial charge is 0.484 e. The van der Waals surface area contributed by atoms with Gasteiger partial charge in [-0.3, -0.25) is 20.4 Å². The molecule has 0 radical (unpaired) electrons. The van der Waals surface area contributed by atoms with Crippen LogP contribution in [0.3, 0.4) is 0 Å². The molecule has 1 aromatic heterocycles. The zero-order valence-corrected chi connectivity index (χ0v) is 18.1. The molecule has 0 saturated heterocycles. The number of rotatable bonds is 9. The highest BCUT2D eigenvalue weighted by molar-refractivity contribution is 7.89. The third kappa shape index (κ3) is 6.43. The van der Waals surface area contributed by atoms with E-state index in [0.29, 0.717) is 11.5 Å². The molecule has 2 amide bonds. The van der Waals surface area contributed by atoms with Crippen molar-refractivity contribution in [1.82, 2.24) is 15.6 Å². The topological polar surface area (TPSA) is 127 Å². The number of hydrogen-bond donors (Lipinski definition) is 3. The van der Waals surface area contributed by atoms with Gasteiger partial charge < -0.3 is 9.15 Å². The molecular weight excluding hydrogens is 434 g/mol. The molecule has 9 nitrogen and oxygen atoms in total. The fourth-order valence-electron chi connectivity index (χ4n) is 2.65. The van der Waals surface area contributed by atoms with Crippen molar-refractivity contribution >= 4 is 21.8 Å². The molecule has 0 fully saturated rings. The molecule has 10 heteroatoms. The first kappa shape index (κ1) is 23.0. The van der Waals surface area contributed by atoms with E-state index in [2.05, 4.69) is 15.6 Å². The molecule has 3 N–H and O–H groups in total. The first-order valence-corrected chi connectivity index (χ1v) is 11.3. The first-order valence-electron chi connectivity index (χ1n) is 9.80. The molecule has 3 rings (SSSR count). The van der Waals surface area contributed by atoms with Gasteiger partial charge in [0.25, 0.3) is 11.8 Å². The van der Waals surface area contributed by atoms with E-state index < -0.39 is 21.8 Å². The fourth-order valence-corrected chi connectivity index (χ4v) is 3.65. The number of carbonyl (C=O) groups is 2. The fraction of sp³-hybridized carbons (Fsp3) is 0.182. The van der Waals surface area contributed by atoms with Crippen molar-refractivity contribution in [2.45, 2.75) is 24.8 Å². The smallest absolute Gasteiger partial charge is 0.276 e. The van der Waals surface area contributed by atoms with E-state index >= 15 is 0 Å². The maximum Gasteiger partial charge on any atom is 0.276 e. The molecule has 1 heterocycles. The number of carbonyl (C=O) groups excluding carboxylic acids is 2. The van der Waals surface area contributed by atoms with Gasteiger partial charge in [-0.15, -0.1) is 0 Å². The molecule has 0 bridgehead atoms. The van der Waals surface area contributed by atoms with Crippen molar-refractivity contribution in [3.05, 3.63) is 83.8 Å². The third-order valence-corrected chi connectivity index (χ3v) is 5.88. The van der Waals surface area contributed by atoms with Crippen LogP contribution in [-0.2, 0) is 27.8 Å². The summed E-state index contributed by atoms with van der Waals surface area (Å²) >= 11 is 0. The molecule has 32 heavy (non-hydrogen) atoms. The van der Waals surface area contributed by atoms with E-state index in [9.17, 15) is 18.0 Å². The molecule has 0 unspecified atom stereocenters. The summed E-state index contributed by atoms with van der Waals surface area (Å²) in [6, 6.07) is 15.9. The monoisotopic (exact) mass is 457 g/mol. The summed E-state index contributed by atoms with van der Waals surface area (Å²) in [6.07, 6.45) is 2.35. The van der Waals surface area contributed by atoms with Crippen molar-refractivity contribution in [2.24, 2.45) is 0 Å². The molecule has 3 aromatic rings. The Morgan fingerprint density at radius 1 is 0.969 bits per heavy atom. The summed E-state index contributed by atoms with van der Waals surface area (Å²) in [4.78, 5) is 24.1. The van der Waals surface area contributed by atoms with Crippen LogP contribution in [0.5, 0.6) is 5.75 Å². The van der Waals surface area contributed by atoms with Crippen molar-refractivity contribution < 1.29 is 27.2 Å². The van der Waals surface area contributed by atoms with Gasteiger partial charge in [0.1, 0.15) is 11.5 Å². The van der Waals surface area contributed by atoms with Crippen LogP contribution in [-0.4, -0.2) is 26.8 Å². The highest BCUT2D eigenvalue weighted by atomic mass is 32.2. The molecule has 0 aliphatic heterocycles. The van der Waals surface area contributed by atoms with Crippen molar-refractivity contribution in [3.8, 4) is 5.75 Å². The molecule has 0 spiro atoms. The lowest BCUT2D eigenvalue weighted by Gasteiger charge is -2.10. The lowest BCUT2D eigenvalue weighted by atomic mass is 10.2. The second kappa shape index (κ2) is 10.6. The maximum atomic E-state index is 12.3. The summed E-state index contributed by atoms with van der Waals surface area (Å²) in [7, 11) is -3.77. The number of hydrazine groups is 1. The van der Waals surface area contributed by atoms with E-state index in [1.165, 1.54) is 30.5 Å². The minimum Gasteiger partial charge on any atom is -0.484 e. The highest BCUT2D eigenvalue weighted by Crippen LogP contribution is 2.13. The number of amides is 2. The van der Waals surface area contributed by atoms with Crippen LogP contribution in [0.25, 0.3) is 0 Å². The van der Waals surface area contributed by atoms with Crippen LogP contribution < -0.4 is 20.3 Å². The molecule has 0 aliphatic carbocycles. The normalized spacial score (nSPS) is 11.0. The number of aryl methyl sites for hydroxylation is 1. The number of benzene rings is 2. The predicted octanol–water partition coefficient (Wildman–Crippen LogP) is 2.16. The Balaban J connectivity index is 1.46. The Morgan fingerprint density at radius 3 is 2.31 bits per heavy atom. The Kier molecular flexibility index (Phi) is 7.63. The lowest BCUT2D eigenvalue weighted by Crippen LogP contribution is -2.43. The Hall–Kier alpha value is -3.63. The summed E-state index contributed by atoms with van der Waals surface area (Å²) in [5.74, 6) is -0.124. The molecule has 0 atom stereocenters. The van der Waals surface area contributed by atoms with Gasteiger partial charge in [0.05, 0.1) is 17.7 Å². The SMILES string of the molecule is CCc1ccc(OCC(=O)NNC(=O)c2ccc(S(=O)(=O)NCc3ccco3)cc2)cc1. The molecule has 168 valence electrons. The van der Waals surface area contributed by atoms with Crippen LogP contribution in [0.4, 0.5) is 0 Å². The Labute approximate surface area is 185 Å². The van der Waals surface area contributed by atoms with Crippen molar-refractivity contribution in [2.75, 3.05) is 6.61 Å². The van der Waals surface area contributed by atoms with E-state index in [4.69, 9.17) is 9.15 Å².